The minimum absolute atomic E-state index is 0.0203. The van der Waals surface area contributed by atoms with Crippen molar-refractivity contribution in [1.82, 2.24) is 15.1 Å². The number of carbonyl (C=O) groups excluding carboxylic acids is 3. The average Bonchev–Trinajstić information content (AvgIpc) is 3.02. The molecule has 2 aromatic rings. The first-order valence-electron chi connectivity index (χ1n) is 13.3. The molecule has 7 nitrogen and oxygen atoms in total. The van der Waals surface area contributed by atoms with Gasteiger partial charge in [0.25, 0.3) is 5.91 Å². The fourth-order valence-corrected chi connectivity index (χ4v) is 5.93. The molecule has 7 heteroatoms. The molecule has 0 bridgehead atoms. The van der Waals surface area contributed by atoms with Gasteiger partial charge in [-0.05, 0) is 62.5 Å². The number of hydrogen-bond acceptors (Lipinski definition) is 4. The zero-order chi connectivity index (χ0) is 25.1. The molecule has 0 aliphatic carbocycles. The minimum Gasteiger partial charge on any atom is -0.352 e. The van der Waals surface area contributed by atoms with Crippen molar-refractivity contribution in [2.24, 2.45) is 0 Å². The molecule has 3 amide bonds. The van der Waals surface area contributed by atoms with E-state index in [1.54, 1.807) is 15.9 Å². The number of nitrogens with one attached hydrogen (secondary N) is 1. The van der Waals surface area contributed by atoms with Crippen LogP contribution in [-0.2, 0) is 22.7 Å². The van der Waals surface area contributed by atoms with E-state index in [1.807, 2.05) is 31.2 Å². The van der Waals surface area contributed by atoms with Crippen LogP contribution in [0.4, 0.5) is 5.69 Å². The predicted octanol–water partition coefficient (Wildman–Crippen LogP) is 4.07. The van der Waals surface area contributed by atoms with Gasteiger partial charge in [-0.15, -0.1) is 0 Å². The van der Waals surface area contributed by atoms with Gasteiger partial charge in [0.15, 0.2) is 0 Å². The molecule has 36 heavy (non-hydrogen) atoms. The van der Waals surface area contributed by atoms with Gasteiger partial charge in [0.1, 0.15) is 5.66 Å². The highest BCUT2D eigenvalue weighted by Crippen LogP contribution is 2.43. The molecular formula is C29H36N4O3. The Morgan fingerprint density at radius 3 is 2.53 bits per heavy atom. The van der Waals surface area contributed by atoms with Crippen molar-refractivity contribution in [2.45, 2.75) is 70.6 Å². The van der Waals surface area contributed by atoms with E-state index in [0.717, 1.165) is 25.2 Å². The van der Waals surface area contributed by atoms with Crippen molar-refractivity contribution in [3.63, 3.8) is 0 Å². The number of benzene rings is 2. The Labute approximate surface area is 213 Å². The summed E-state index contributed by atoms with van der Waals surface area (Å²) in [5, 5.41) is 3.02. The fourth-order valence-electron chi connectivity index (χ4n) is 5.93. The van der Waals surface area contributed by atoms with E-state index in [4.69, 9.17) is 0 Å². The number of hydrogen-bond donors (Lipinski definition) is 1. The Balaban J connectivity index is 1.19. The first kappa shape index (κ1) is 24.5. The summed E-state index contributed by atoms with van der Waals surface area (Å²) in [6.45, 7) is 5.93. The van der Waals surface area contributed by atoms with Crippen molar-refractivity contribution in [2.75, 3.05) is 24.5 Å². The van der Waals surface area contributed by atoms with E-state index in [9.17, 15) is 14.4 Å². The monoisotopic (exact) mass is 488 g/mol. The van der Waals surface area contributed by atoms with Crippen molar-refractivity contribution >= 4 is 23.4 Å². The maximum absolute atomic E-state index is 13.3. The van der Waals surface area contributed by atoms with E-state index in [0.29, 0.717) is 30.6 Å². The average molecular weight is 489 g/mol. The Kier molecular flexibility index (Phi) is 7.10. The number of anilines is 1. The molecule has 2 fully saturated rings. The molecule has 0 saturated carbocycles. The molecule has 0 aromatic heterocycles. The molecule has 3 aliphatic heterocycles. The number of likely N-dealkylation sites (tertiary alicyclic amines) is 1. The van der Waals surface area contributed by atoms with Crippen LogP contribution in [0.25, 0.3) is 0 Å². The van der Waals surface area contributed by atoms with Gasteiger partial charge < -0.3 is 10.2 Å². The molecule has 1 unspecified atom stereocenters. The lowest BCUT2D eigenvalue weighted by Gasteiger charge is -2.48. The van der Waals surface area contributed by atoms with Gasteiger partial charge in [0, 0.05) is 32.5 Å². The van der Waals surface area contributed by atoms with Crippen LogP contribution in [0.1, 0.15) is 73.4 Å². The van der Waals surface area contributed by atoms with Crippen LogP contribution >= 0.6 is 0 Å². The van der Waals surface area contributed by atoms with Crippen LogP contribution in [0.15, 0.2) is 48.5 Å². The lowest BCUT2D eigenvalue weighted by atomic mass is 9.98. The van der Waals surface area contributed by atoms with Gasteiger partial charge in [-0.25, -0.2) is 0 Å². The largest absolute Gasteiger partial charge is 0.352 e. The van der Waals surface area contributed by atoms with Crippen LogP contribution in [0.3, 0.4) is 0 Å². The number of nitrogens with zero attached hydrogens (tertiary/aromatic N) is 3. The maximum atomic E-state index is 13.3. The summed E-state index contributed by atoms with van der Waals surface area (Å²) in [5.41, 5.74) is 2.82. The number of amides is 3. The third-order valence-electron chi connectivity index (χ3n) is 7.89. The lowest BCUT2D eigenvalue weighted by Crippen LogP contribution is -2.62. The number of carbonyl (C=O) groups is 3. The standard InChI is InChI=1S/C29H36N4O3/c1-29-15-13-27(35)33(29)25-12-5-4-11-24(25)28(36)32(29)18-14-26(34)30-20-22-9-8-10-23(19-22)21-31-16-6-2-3-7-17-31/h4-5,8-12,19H,2-3,6-7,13-18,20-21H2,1H3,(H,30,34). The highest BCUT2D eigenvalue weighted by atomic mass is 16.2. The second kappa shape index (κ2) is 10.4. The topological polar surface area (TPSA) is 73.0 Å². The van der Waals surface area contributed by atoms with Crippen molar-refractivity contribution in [3.05, 3.63) is 65.2 Å². The van der Waals surface area contributed by atoms with Crippen LogP contribution in [0.5, 0.6) is 0 Å². The summed E-state index contributed by atoms with van der Waals surface area (Å²) in [6.07, 6.45) is 6.35. The first-order valence-corrected chi connectivity index (χ1v) is 13.3. The predicted molar refractivity (Wildman–Crippen MR) is 139 cm³/mol. The van der Waals surface area contributed by atoms with Crippen LogP contribution < -0.4 is 10.2 Å². The smallest absolute Gasteiger partial charge is 0.257 e. The molecule has 2 aromatic carbocycles. The summed E-state index contributed by atoms with van der Waals surface area (Å²) in [6, 6.07) is 15.7. The molecule has 5 rings (SSSR count). The normalized spacial score (nSPS) is 22.2. The summed E-state index contributed by atoms with van der Waals surface area (Å²) in [7, 11) is 0. The van der Waals surface area contributed by atoms with Crippen LogP contribution in [0.2, 0.25) is 0 Å². The zero-order valence-corrected chi connectivity index (χ0v) is 21.2. The maximum Gasteiger partial charge on any atom is 0.257 e. The van der Waals surface area contributed by atoms with Crippen molar-refractivity contribution in [1.29, 1.82) is 0 Å². The molecule has 2 saturated heterocycles. The highest BCUT2D eigenvalue weighted by molar-refractivity contribution is 6.10. The van der Waals surface area contributed by atoms with Gasteiger partial charge in [-0.3, -0.25) is 24.2 Å². The SMILES string of the molecule is CC12CCC(=O)N1c1ccccc1C(=O)N2CCC(=O)NCc1cccc(CN2CCCCCC2)c1. The first-order chi connectivity index (χ1) is 17.5. The van der Waals surface area contributed by atoms with Crippen molar-refractivity contribution < 1.29 is 14.4 Å². The highest BCUT2D eigenvalue weighted by Gasteiger charge is 2.52. The molecule has 1 N–H and O–H groups in total. The van der Waals surface area contributed by atoms with Gasteiger partial charge >= 0.3 is 0 Å². The van der Waals surface area contributed by atoms with Gasteiger partial charge in [-0.2, -0.15) is 0 Å². The van der Waals surface area contributed by atoms with E-state index < -0.39 is 5.66 Å². The Morgan fingerprint density at radius 2 is 1.72 bits per heavy atom. The van der Waals surface area contributed by atoms with E-state index in [2.05, 4.69) is 28.4 Å². The third-order valence-corrected chi connectivity index (χ3v) is 7.89. The number of rotatable bonds is 7. The minimum atomic E-state index is -0.732. The van der Waals surface area contributed by atoms with E-state index in [-0.39, 0.29) is 30.7 Å². The molecule has 0 radical (unpaired) electrons. The fraction of sp³-hybridized carbons (Fsp3) is 0.483. The zero-order valence-electron chi connectivity index (χ0n) is 21.2. The second-order valence-corrected chi connectivity index (χ2v) is 10.5. The second-order valence-electron chi connectivity index (χ2n) is 10.5. The summed E-state index contributed by atoms with van der Waals surface area (Å²) < 4.78 is 0. The summed E-state index contributed by atoms with van der Waals surface area (Å²) in [5.74, 6) is -0.195. The third kappa shape index (κ3) is 4.89. The number of fused-ring (bicyclic) bond motifs is 3. The summed E-state index contributed by atoms with van der Waals surface area (Å²) in [4.78, 5) is 44.8. The van der Waals surface area contributed by atoms with Crippen molar-refractivity contribution in [3.8, 4) is 0 Å². The molecular weight excluding hydrogens is 452 g/mol. The molecule has 1 atom stereocenters. The van der Waals surface area contributed by atoms with Gasteiger partial charge in [-0.1, -0.05) is 49.2 Å². The Morgan fingerprint density at radius 1 is 0.972 bits per heavy atom. The lowest BCUT2D eigenvalue weighted by molar-refractivity contribution is -0.121. The molecule has 3 aliphatic rings. The van der Waals surface area contributed by atoms with Crippen LogP contribution in [-0.4, -0.2) is 52.8 Å². The van der Waals surface area contributed by atoms with E-state index in [1.165, 1.54) is 31.2 Å². The summed E-state index contributed by atoms with van der Waals surface area (Å²) >= 11 is 0. The van der Waals surface area contributed by atoms with E-state index >= 15 is 0 Å². The Hall–Kier alpha value is -3.19. The van der Waals surface area contributed by atoms with Gasteiger partial charge in [0.05, 0.1) is 11.3 Å². The molecule has 190 valence electrons. The van der Waals surface area contributed by atoms with Crippen LogP contribution in [0, 0.1) is 0 Å². The molecule has 3 heterocycles. The Bertz CT molecular complexity index is 1140. The molecule has 0 spiro atoms. The number of para-hydroxylation sites is 1. The quantitative estimate of drug-likeness (QED) is 0.638. The van der Waals surface area contributed by atoms with Gasteiger partial charge in [0.2, 0.25) is 11.8 Å².